The number of carbonyl (C=O) groups is 1. The minimum absolute atomic E-state index is 0.158. The predicted molar refractivity (Wildman–Crippen MR) is 51.7 cm³/mol. The van der Waals surface area contributed by atoms with Gasteiger partial charge in [-0.05, 0) is 6.92 Å². The number of ether oxygens (including phenoxy) is 1. The number of carboxylic acid groups (broad SMARTS) is 1. The van der Waals surface area contributed by atoms with E-state index in [4.69, 9.17) is 9.84 Å². The van der Waals surface area contributed by atoms with Crippen LogP contribution in [0.15, 0.2) is 4.99 Å². The molecule has 72 valence electrons. The van der Waals surface area contributed by atoms with E-state index in [1.54, 1.807) is 0 Å². The second-order valence-electron chi connectivity index (χ2n) is 2.91. The molecule has 0 aromatic carbocycles. The van der Waals surface area contributed by atoms with Crippen molar-refractivity contribution in [1.29, 1.82) is 0 Å². The lowest BCUT2D eigenvalue weighted by Crippen LogP contribution is -2.43. The average Bonchev–Trinajstić information content (AvgIpc) is 2.35. The largest absolute Gasteiger partial charge is 0.479 e. The van der Waals surface area contributed by atoms with Crippen LogP contribution in [0.25, 0.3) is 0 Å². The molecule has 1 N–H and O–H groups in total. The topological polar surface area (TPSA) is 76.0 Å². The third kappa shape index (κ3) is 1.74. The van der Waals surface area contributed by atoms with Crippen molar-refractivity contribution in [2.75, 3.05) is 6.61 Å². The first-order valence-corrected chi connectivity index (χ1v) is 4.85. The van der Waals surface area contributed by atoms with Crippen molar-refractivity contribution in [2.24, 2.45) is 4.99 Å². The molecule has 1 heterocycles. The zero-order valence-electron chi connectivity index (χ0n) is 6.86. The fourth-order valence-electron chi connectivity index (χ4n) is 1.14. The Bertz CT molecular complexity index is 276. The van der Waals surface area contributed by atoms with Crippen molar-refractivity contribution in [3.8, 4) is 0 Å². The molecule has 0 aromatic heterocycles. The highest BCUT2D eigenvalue weighted by atomic mass is 127. The molecule has 0 aromatic rings. The van der Waals surface area contributed by atoms with Gasteiger partial charge < -0.3 is 9.84 Å². The van der Waals surface area contributed by atoms with Crippen molar-refractivity contribution in [1.82, 2.24) is 0 Å². The Morgan fingerprint density at radius 2 is 2.46 bits per heavy atom. The fraction of sp³-hybridized carbons (Fsp3) is 0.714. The van der Waals surface area contributed by atoms with E-state index in [9.17, 15) is 9.59 Å². The van der Waals surface area contributed by atoms with Gasteiger partial charge in [0.05, 0.1) is 10.5 Å². The van der Waals surface area contributed by atoms with E-state index in [0.29, 0.717) is 0 Å². The molecule has 3 unspecified atom stereocenters. The number of isocyanates is 1. The van der Waals surface area contributed by atoms with E-state index >= 15 is 0 Å². The van der Waals surface area contributed by atoms with Gasteiger partial charge in [-0.15, -0.1) is 0 Å². The maximum Gasteiger partial charge on any atom is 0.336 e. The molecule has 0 aliphatic carbocycles. The van der Waals surface area contributed by atoms with Crippen molar-refractivity contribution in [2.45, 2.75) is 22.5 Å². The Labute approximate surface area is 88.3 Å². The molecule has 13 heavy (non-hydrogen) atoms. The number of aliphatic imine (C=N–C) groups is 1. The highest BCUT2D eigenvalue weighted by molar-refractivity contribution is 14.1. The molecule has 1 fully saturated rings. The number of carboxylic acids is 1. The standard InChI is InChI=1S/C7H8INO4/c1-7(6(11)12)5(8)4(2-13-7)9-3-10/h4-5H,2H2,1H3,(H,11,12). The third-order valence-electron chi connectivity index (χ3n) is 2.06. The summed E-state index contributed by atoms with van der Waals surface area (Å²) in [5, 5.41) is 8.86. The zero-order chi connectivity index (χ0) is 10.1. The molecule has 0 saturated carbocycles. The Morgan fingerprint density at radius 1 is 1.85 bits per heavy atom. The number of carbonyl (C=O) groups excluding carboxylic acids is 1. The molecule has 6 heteroatoms. The molecule has 1 rings (SSSR count). The summed E-state index contributed by atoms with van der Waals surface area (Å²) >= 11 is 1.93. The Balaban J connectivity index is 2.86. The van der Waals surface area contributed by atoms with Gasteiger partial charge in [0.2, 0.25) is 6.08 Å². The SMILES string of the molecule is CC1(C(=O)O)OCC(N=C=O)C1I. The van der Waals surface area contributed by atoms with E-state index in [0.717, 1.165) is 0 Å². The smallest absolute Gasteiger partial charge is 0.336 e. The fourth-order valence-corrected chi connectivity index (χ4v) is 1.95. The average molecular weight is 297 g/mol. The molecular formula is C7H8INO4. The number of rotatable bonds is 2. The summed E-state index contributed by atoms with van der Waals surface area (Å²) in [5.41, 5.74) is -1.24. The van der Waals surface area contributed by atoms with Crippen molar-refractivity contribution >= 4 is 34.6 Å². The number of aliphatic carboxylic acids is 1. The van der Waals surface area contributed by atoms with Gasteiger partial charge in [-0.2, -0.15) is 4.99 Å². The van der Waals surface area contributed by atoms with Crippen LogP contribution in [-0.2, 0) is 14.3 Å². The minimum atomic E-state index is -1.24. The first-order chi connectivity index (χ1) is 6.02. The highest BCUT2D eigenvalue weighted by Crippen LogP contribution is 2.34. The van der Waals surface area contributed by atoms with Gasteiger partial charge in [-0.3, -0.25) is 0 Å². The van der Waals surface area contributed by atoms with Gasteiger partial charge in [0.1, 0.15) is 6.04 Å². The van der Waals surface area contributed by atoms with E-state index in [1.807, 2.05) is 22.6 Å². The van der Waals surface area contributed by atoms with Gasteiger partial charge >= 0.3 is 5.97 Å². The second kappa shape index (κ2) is 3.73. The quantitative estimate of drug-likeness (QED) is 0.346. The van der Waals surface area contributed by atoms with E-state index in [2.05, 4.69) is 4.99 Å². The van der Waals surface area contributed by atoms with Gasteiger partial charge in [0.25, 0.3) is 0 Å². The van der Waals surface area contributed by atoms with Crippen LogP contribution in [-0.4, -0.2) is 39.3 Å². The number of hydrogen-bond acceptors (Lipinski definition) is 4. The van der Waals surface area contributed by atoms with Crippen LogP contribution in [0.2, 0.25) is 0 Å². The van der Waals surface area contributed by atoms with Gasteiger partial charge in [-0.25, -0.2) is 9.59 Å². The van der Waals surface area contributed by atoms with Gasteiger partial charge in [0.15, 0.2) is 5.60 Å². The summed E-state index contributed by atoms with van der Waals surface area (Å²) < 4.78 is 4.76. The molecule has 3 atom stereocenters. The lowest BCUT2D eigenvalue weighted by Gasteiger charge is -2.21. The van der Waals surface area contributed by atoms with Crippen LogP contribution < -0.4 is 0 Å². The molecule has 0 radical (unpaired) electrons. The number of halogens is 1. The van der Waals surface area contributed by atoms with Crippen molar-refractivity contribution < 1.29 is 19.4 Å². The predicted octanol–water partition coefficient (Wildman–Crippen LogP) is 0.368. The maximum absolute atomic E-state index is 10.8. The molecule has 0 spiro atoms. The molecular weight excluding hydrogens is 289 g/mol. The highest BCUT2D eigenvalue weighted by Gasteiger charge is 2.51. The molecule has 1 aliphatic heterocycles. The molecule has 1 saturated heterocycles. The number of alkyl halides is 1. The number of hydrogen-bond donors (Lipinski definition) is 1. The molecule has 5 nitrogen and oxygen atoms in total. The first-order valence-electron chi connectivity index (χ1n) is 3.60. The lowest BCUT2D eigenvalue weighted by atomic mass is 10.0. The van der Waals surface area contributed by atoms with Gasteiger partial charge in [-0.1, -0.05) is 22.6 Å². The van der Waals surface area contributed by atoms with Crippen LogP contribution in [0.1, 0.15) is 6.92 Å². The van der Waals surface area contributed by atoms with Crippen LogP contribution in [0, 0.1) is 0 Å². The van der Waals surface area contributed by atoms with Crippen LogP contribution in [0.4, 0.5) is 0 Å². The third-order valence-corrected chi connectivity index (χ3v) is 4.08. The van der Waals surface area contributed by atoms with E-state index in [1.165, 1.54) is 13.0 Å². The molecule has 0 bridgehead atoms. The van der Waals surface area contributed by atoms with Crippen LogP contribution in [0.5, 0.6) is 0 Å². The Hall–Kier alpha value is -0.460. The van der Waals surface area contributed by atoms with Crippen molar-refractivity contribution in [3.05, 3.63) is 0 Å². The second-order valence-corrected chi connectivity index (χ2v) is 4.25. The summed E-state index contributed by atoms with van der Waals surface area (Å²) in [6, 6.07) is -0.404. The van der Waals surface area contributed by atoms with Gasteiger partial charge in [0, 0.05) is 0 Å². The minimum Gasteiger partial charge on any atom is -0.479 e. The summed E-state index contributed by atoms with van der Waals surface area (Å²) in [6.07, 6.45) is 1.41. The summed E-state index contributed by atoms with van der Waals surface area (Å²) in [6.45, 7) is 1.64. The van der Waals surface area contributed by atoms with Crippen LogP contribution >= 0.6 is 22.6 Å². The zero-order valence-corrected chi connectivity index (χ0v) is 9.02. The Kier molecular flexibility index (Phi) is 3.05. The first kappa shape index (κ1) is 10.6. The summed E-state index contributed by atoms with van der Waals surface area (Å²) in [5.74, 6) is -1.03. The monoisotopic (exact) mass is 297 g/mol. The Morgan fingerprint density at radius 3 is 2.85 bits per heavy atom. The maximum atomic E-state index is 10.8. The summed E-state index contributed by atoms with van der Waals surface area (Å²) in [7, 11) is 0. The lowest BCUT2D eigenvalue weighted by molar-refractivity contribution is -0.157. The number of nitrogens with zero attached hydrogens (tertiary/aromatic N) is 1. The molecule has 0 amide bonds. The van der Waals surface area contributed by atoms with Crippen LogP contribution in [0.3, 0.4) is 0 Å². The summed E-state index contributed by atoms with van der Waals surface area (Å²) in [4.78, 5) is 24.3. The molecule has 1 aliphatic rings. The van der Waals surface area contributed by atoms with E-state index < -0.39 is 17.6 Å². The van der Waals surface area contributed by atoms with E-state index in [-0.39, 0.29) is 10.5 Å². The normalized spacial score (nSPS) is 38.3. The van der Waals surface area contributed by atoms with Crippen molar-refractivity contribution in [3.63, 3.8) is 0 Å².